The summed E-state index contributed by atoms with van der Waals surface area (Å²) < 4.78 is 15.4. The van der Waals surface area contributed by atoms with E-state index >= 15 is 0 Å². The number of halogens is 2. The number of ketones is 2. The van der Waals surface area contributed by atoms with Crippen LogP contribution in [0.5, 0.6) is 0 Å². The molecule has 1 heterocycles. The van der Waals surface area contributed by atoms with E-state index < -0.39 is 11.9 Å². The molecule has 200 valence electrons. The number of aromatic carboxylic acids is 1. The number of rotatable bonds is 3. The summed E-state index contributed by atoms with van der Waals surface area (Å²) in [5.41, 5.74) is 2.58. The fraction of sp³-hybridized carbons (Fsp3) is 0.129. The Balaban J connectivity index is 0.000000306. The summed E-state index contributed by atoms with van der Waals surface area (Å²) >= 11 is 2.08. The smallest absolute Gasteiger partial charge is 0.338 e. The molecular formula is C31H23FIN3O4. The fourth-order valence-electron chi connectivity index (χ4n) is 4.95. The predicted octanol–water partition coefficient (Wildman–Crippen LogP) is 7.16. The molecule has 0 bridgehead atoms. The van der Waals surface area contributed by atoms with Gasteiger partial charge in [-0.1, -0.05) is 43.3 Å². The molecule has 0 aliphatic heterocycles. The van der Waals surface area contributed by atoms with Gasteiger partial charge in [0, 0.05) is 38.5 Å². The second-order valence-corrected chi connectivity index (χ2v) is 10.7. The van der Waals surface area contributed by atoms with E-state index in [0.29, 0.717) is 11.3 Å². The number of anilines is 2. The number of Topliss-reactive ketones (excluding diaryl/α,β-unsaturated/α-hetero) is 2. The van der Waals surface area contributed by atoms with Crippen LogP contribution in [-0.4, -0.2) is 32.6 Å². The summed E-state index contributed by atoms with van der Waals surface area (Å²) in [5, 5.41) is 15.2. The number of fused-ring (bicyclic) bond motifs is 5. The van der Waals surface area contributed by atoms with Gasteiger partial charge in [0.25, 0.3) is 0 Å². The van der Waals surface area contributed by atoms with Gasteiger partial charge in [0.1, 0.15) is 12.1 Å². The van der Waals surface area contributed by atoms with Crippen LogP contribution in [0.3, 0.4) is 0 Å². The summed E-state index contributed by atoms with van der Waals surface area (Å²) in [7, 11) is 0. The Kier molecular flexibility index (Phi) is 7.57. The van der Waals surface area contributed by atoms with Gasteiger partial charge in [-0.2, -0.15) is 0 Å². The highest BCUT2D eigenvalue weighted by Gasteiger charge is 2.37. The number of benzene rings is 4. The minimum Gasteiger partial charge on any atom is -0.478 e. The minimum atomic E-state index is -1.00. The minimum absolute atomic E-state index is 0.0445. The standard InChI is InChI=1S/C26H19FINO2.C5H4N2O2/c1-13-16-8-9-18-17-5-3-4-6-19(17)23(29-22-10-7-15(28)11-21(22)27)12-20(18)24(16)26(31)14(2)25(13)30;8-5(9)4-1-6-3-7-2-4/h3-14,29H,1-2H3;1-3H,(H,8,9). The summed E-state index contributed by atoms with van der Waals surface area (Å²) in [6.45, 7) is 3.54. The van der Waals surface area contributed by atoms with Crippen LogP contribution in [0.2, 0.25) is 0 Å². The molecule has 6 rings (SSSR count). The molecule has 0 amide bonds. The van der Waals surface area contributed by atoms with Crippen molar-refractivity contribution in [2.75, 3.05) is 5.32 Å². The van der Waals surface area contributed by atoms with E-state index in [1.165, 1.54) is 24.8 Å². The molecule has 4 aromatic carbocycles. The third kappa shape index (κ3) is 5.04. The first-order valence-corrected chi connectivity index (χ1v) is 13.5. The highest BCUT2D eigenvalue weighted by Crippen LogP contribution is 2.41. The number of carbonyl (C=O) groups is 3. The molecule has 2 atom stereocenters. The molecule has 2 unspecified atom stereocenters. The van der Waals surface area contributed by atoms with E-state index in [0.717, 1.165) is 36.4 Å². The molecule has 1 aliphatic carbocycles. The summed E-state index contributed by atoms with van der Waals surface area (Å²) in [6, 6.07) is 18.7. The van der Waals surface area contributed by atoms with Crippen molar-refractivity contribution >= 4 is 73.0 Å². The van der Waals surface area contributed by atoms with Gasteiger partial charge in [-0.05, 0) is 75.5 Å². The Labute approximate surface area is 242 Å². The van der Waals surface area contributed by atoms with Gasteiger partial charge in [-0.3, -0.25) is 9.59 Å². The van der Waals surface area contributed by atoms with Crippen molar-refractivity contribution in [3.05, 3.63) is 105 Å². The first-order valence-electron chi connectivity index (χ1n) is 12.4. The van der Waals surface area contributed by atoms with Gasteiger partial charge in [0.2, 0.25) is 0 Å². The lowest BCUT2D eigenvalue weighted by Gasteiger charge is -2.27. The Morgan fingerprint density at radius 1 is 0.875 bits per heavy atom. The number of hydrogen-bond acceptors (Lipinski definition) is 6. The average molecular weight is 647 g/mol. The predicted molar refractivity (Wildman–Crippen MR) is 160 cm³/mol. The molecule has 0 saturated heterocycles. The molecule has 9 heteroatoms. The Bertz CT molecular complexity index is 1810. The lowest BCUT2D eigenvalue weighted by atomic mass is 9.74. The van der Waals surface area contributed by atoms with Crippen LogP contribution in [0.1, 0.15) is 46.0 Å². The molecule has 40 heavy (non-hydrogen) atoms. The van der Waals surface area contributed by atoms with Gasteiger partial charge in [0.05, 0.1) is 17.2 Å². The Hall–Kier alpha value is -4.25. The second kappa shape index (κ2) is 11.1. The van der Waals surface area contributed by atoms with Crippen molar-refractivity contribution in [3.8, 4) is 0 Å². The number of carboxylic acid groups (broad SMARTS) is 1. The van der Waals surface area contributed by atoms with Crippen molar-refractivity contribution in [3.63, 3.8) is 0 Å². The summed E-state index contributed by atoms with van der Waals surface area (Å²) in [5.74, 6) is -2.53. The molecule has 0 saturated carbocycles. The SMILES string of the molecule is CC1C(=O)c2c(ccc3c2cc(Nc2ccc(I)cc2F)c2ccccc23)C(C)C1=O.O=C(O)c1cncnc1. The van der Waals surface area contributed by atoms with E-state index in [1.54, 1.807) is 13.0 Å². The number of nitrogens with zero attached hydrogens (tertiary/aromatic N) is 2. The molecule has 1 aliphatic rings. The Morgan fingerprint density at radius 3 is 2.20 bits per heavy atom. The van der Waals surface area contributed by atoms with Crippen LogP contribution < -0.4 is 5.32 Å². The van der Waals surface area contributed by atoms with Gasteiger partial charge in [0.15, 0.2) is 11.6 Å². The quantitative estimate of drug-likeness (QED) is 0.122. The highest BCUT2D eigenvalue weighted by atomic mass is 127. The maximum absolute atomic E-state index is 14.6. The molecule has 2 N–H and O–H groups in total. The number of carbonyl (C=O) groups excluding carboxylic acids is 2. The number of hydrogen-bond donors (Lipinski definition) is 2. The van der Waals surface area contributed by atoms with Gasteiger partial charge < -0.3 is 10.4 Å². The lowest BCUT2D eigenvalue weighted by molar-refractivity contribution is -0.122. The zero-order valence-corrected chi connectivity index (χ0v) is 23.6. The maximum Gasteiger partial charge on any atom is 0.338 e. The zero-order valence-electron chi connectivity index (χ0n) is 21.5. The number of carboxylic acids is 1. The van der Waals surface area contributed by atoms with Gasteiger partial charge in [-0.15, -0.1) is 0 Å². The normalized spacial score (nSPS) is 16.3. The molecule has 5 aromatic rings. The third-order valence-corrected chi connectivity index (χ3v) is 7.71. The van der Waals surface area contributed by atoms with E-state index in [4.69, 9.17) is 5.11 Å². The van der Waals surface area contributed by atoms with E-state index in [2.05, 4.69) is 37.9 Å². The van der Waals surface area contributed by atoms with Crippen molar-refractivity contribution in [1.29, 1.82) is 0 Å². The summed E-state index contributed by atoms with van der Waals surface area (Å²) in [4.78, 5) is 42.9. The van der Waals surface area contributed by atoms with Gasteiger partial charge >= 0.3 is 5.97 Å². The van der Waals surface area contributed by atoms with Crippen LogP contribution in [0.4, 0.5) is 15.8 Å². The van der Waals surface area contributed by atoms with Gasteiger partial charge in [-0.25, -0.2) is 19.2 Å². The molecule has 0 spiro atoms. The average Bonchev–Trinajstić information content (AvgIpc) is 2.96. The van der Waals surface area contributed by atoms with Crippen LogP contribution in [0, 0.1) is 15.3 Å². The van der Waals surface area contributed by atoms with Crippen LogP contribution in [0.25, 0.3) is 21.5 Å². The summed E-state index contributed by atoms with van der Waals surface area (Å²) in [6.07, 6.45) is 3.77. The third-order valence-electron chi connectivity index (χ3n) is 7.04. The first kappa shape index (κ1) is 27.3. The number of nitrogens with one attached hydrogen (secondary N) is 1. The molecule has 1 aromatic heterocycles. The van der Waals surface area contributed by atoms with Crippen molar-refractivity contribution in [1.82, 2.24) is 9.97 Å². The fourth-order valence-corrected chi connectivity index (χ4v) is 5.41. The van der Waals surface area contributed by atoms with Crippen LogP contribution in [-0.2, 0) is 4.79 Å². The molecular weight excluding hydrogens is 624 g/mol. The van der Waals surface area contributed by atoms with Crippen LogP contribution >= 0.6 is 22.6 Å². The molecule has 0 fully saturated rings. The van der Waals surface area contributed by atoms with E-state index in [-0.39, 0.29) is 28.9 Å². The molecule has 0 radical (unpaired) electrons. The van der Waals surface area contributed by atoms with E-state index in [1.807, 2.05) is 55.5 Å². The van der Waals surface area contributed by atoms with Crippen LogP contribution in [0.15, 0.2) is 79.4 Å². The zero-order chi connectivity index (χ0) is 28.6. The van der Waals surface area contributed by atoms with Crippen molar-refractivity contribution < 1.29 is 23.9 Å². The number of aromatic nitrogens is 2. The first-order chi connectivity index (χ1) is 19.2. The second-order valence-electron chi connectivity index (χ2n) is 9.49. The highest BCUT2D eigenvalue weighted by molar-refractivity contribution is 14.1. The van der Waals surface area contributed by atoms with Crippen molar-refractivity contribution in [2.24, 2.45) is 5.92 Å². The van der Waals surface area contributed by atoms with E-state index in [9.17, 15) is 18.8 Å². The monoisotopic (exact) mass is 647 g/mol. The largest absolute Gasteiger partial charge is 0.478 e. The molecule has 7 nitrogen and oxygen atoms in total. The lowest BCUT2D eigenvalue weighted by Crippen LogP contribution is -2.32. The van der Waals surface area contributed by atoms with Crippen molar-refractivity contribution in [2.45, 2.75) is 19.8 Å². The maximum atomic E-state index is 14.6. The Morgan fingerprint density at radius 2 is 1.55 bits per heavy atom. The topological polar surface area (TPSA) is 109 Å².